The molecule has 3 N–H and O–H groups in total. The summed E-state index contributed by atoms with van der Waals surface area (Å²) in [5.74, 6) is -1.20. The summed E-state index contributed by atoms with van der Waals surface area (Å²) in [5, 5.41) is 13.9. The Hall–Kier alpha value is -1.41. The van der Waals surface area contributed by atoms with Crippen LogP contribution in [0.5, 0.6) is 0 Å². The molecule has 0 aliphatic carbocycles. The third-order valence-corrected chi connectivity index (χ3v) is 3.18. The zero-order valence-corrected chi connectivity index (χ0v) is 9.71. The first-order chi connectivity index (χ1) is 7.34. The smallest absolute Gasteiger partial charge is 0.340 e. The van der Waals surface area contributed by atoms with Crippen LogP contribution in [0, 0.1) is 5.92 Å². The number of nitrogens with one attached hydrogen (secondary N) is 2. The van der Waals surface area contributed by atoms with Crippen LogP contribution in [0.25, 0.3) is 0 Å². The Balaban J connectivity index is 2.99. The van der Waals surface area contributed by atoms with Gasteiger partial charge in [0.05, 0.1) is 6.20 Å². The molecule has 0 aliphatic heterocycles. The number of hydrogen-bond donors (Lipinski definition) is 3. The molecule has 0 spiro atoms. The van der Waals surface area contributed by atoms with E-state index in [1.54, 1.807) is 0 Å². The lowest BCUT2D eigenvalue weighted by Crippen LogP contribution is -2.29. The Bertz CT molecular complexity index is 477. The number of nitrogens with zero attached hydrogens (tertiary/aromatic N) is 1. The van der Waals surface area contributed by atoms with Crippen molar-refractivity contribution in [2.24, 2.45) is 5.92 Å². The van der Waals surface area contributed by atoms with E-state index in [1.165, 1.54) is 0 Å². The predicted molar refractivity (Wildman–Crippen MR) is 55.6 cm³/mol. The summed E-state index contributed by atoms with van der Waals surface area (Å²) in [4.78, 5) is 10.7. The van der Waals surface area contributed by atoms with E-state index >= 15 is 0 Å². The zero-order chi connectivity index (χ0) is 12.3. The second kappa shape index (κ2) is 4.62. The SMILES string of the molecule is CC(C)CNS(=O)(=O)c1[nH]ncc1C(=O)O. The van der Waals surface area contributed by atoms with Gasteiger partial charge in [-0.05, 0) is 5.92 Å². The Morgan fingerprint density at radius 1 is 1.62 bits per heavy atom. The minimum Gasteiger partial charge on any atom is -0.478 e. The number of carbonyl (C=O) groups is 1. The second-order valence-corrected chi connectivity index (χ2v) is 5.37. The van der Waals surface area contributed by atoms with Gasteiger partial charge in [-0.25, -0.2) is 17.9 Å². The molecule has 8 heteroatoms. The number of aromatic amines is 1. The highest BCUT2D eigenvalue weighted by Crippen LogP contribution is 2.11. The molecule has 0 saturated carbocycles. The molecule has 1 aromatic heterocycles. The highest BCUT2D eigenvalue weighted by molar-refractivity contribution is 7.89. The number of H-pyrrole nitrogens is 1. The molecule has 90 valence electrons. The summed E-state index contributed by atoms with van der Waals surface area (Å²) in [6, 6.07) is 0. The standard InChI is InChI=1S/C8H13N3O4S/c1-5(2)3-10-16(14,15)7-6(8(12)13)4-9-11-7/h4-5,10H,3H2,1-2H3,(H,9,11)(H,12,13). The number of rotatable bonds is 5. The van der Waals surface area contributed by atoms with Crippen molar-refractivity contribution in [1.29, 1.82) is 0 Å². The van der Waals surface area contributed by atoms with Gasteiger partial charge in [0, 0.05) is 6.54 Å². The lowest BCUT2D eigenvalue weighted by molar-refractivity contribution is 0.0692. The highest BCUT2D eigenvalue weighted by atomic mass is 32.2. The normalized spacial score (nSPS) is 11.9. The fourth-order valence-electron chi connectivity index (χ4n) is 0.980. The largest absolute Gasteiger partial charge is 0.478 e. The Labute approximate surface area is 92.9 Å². The maximum absolute atomic E-state index is 11.7. The van der Waals surface area contributed by atoms with Crippen LogP contribution in [0.4, 0.5) is 0 Å². The number of carboxylic acid groups (broad SMARTS) is 1. The van der Waals surface area contributed by atoms with Crippen molar-refractivity contribution in [3.63, 3.8) is 0 Å². The van der Waals surface area contributed by atoms with E-state index < -0.39 is 21.0 Å². The minimum atomic E-state index is -3.84. The maximum atomic E-state index is 11.7. The van der Waals surface area contributed by atoms with Crippen molar-refractivity contribution >= 4 is 16.0 Å². The molecule has 16 heavy (non-hydrogen) atoms. The Morgan fingerprint density at radius 2 is 2.25 bits per heavy atom. The Morgan fingerprint density at radius 3 is 2.75 bits per heavy atom. The van der Waals surface area contributed by atoms with E-state index in [-0.39, 0.29) is 18.0 Å². The highest BCUT2D eigenvalue weighted by Gasteiger charge is 2.24. The van der Waals surface area contributed by atoms with E-state index in [2.05, 4.69) is 14.9 Å². The van der Waals surface area contributed by atoms with Gasteiger partial charge in [0.25, 0.3) is 10.0 Å². The molecule has 0 atom stereocenters. The van der Waals surface area contributed by atoms with Gasteiger partial charge < -0.3 is 5.11 Å². The first-order valence-corrected chi connectivity index (χ1v) is 6.09. The van der Waals surface area contributed by atoms with Crippen molar-refractivity contribution in [3.05, 3.63) is 11.8 Å². The summed E-state index contributed by atoms with van der Waals surface area (Å²) in [5.41, 5.74) is -0.365. The van der Waals surface area contributed by atoms with Crippen LogP contribution < -0.4 is 4.72 Å². The molecule has 7 nitrogen and oxygen atoms in total. The average molecular weight is 247 g/mol. The molecule has 0 aromatic carbocycles. The maximum Gasteiger partial charge on any atom is 0.340 e. The van der Waals surface area contributed by atoms with Gasteiger partial charge in [-0.3, -0.25) is 5.10 Å². The van der Waals surface area contributed by atoms with E-state index in [9.17, 15) is 13.2 Å². The van der Waals surface area contributed by atoms with Crippen LogP contribution in [0.15, 0.2) is 11.2 Å². The molecule has 0 saturated heterocycles. The molecular weight excluding hydrogens is 234 g/mol. The summed E-state index contributed by atoms with van der Waals surface area (Å²) in [7, 11) is -3.84. The van der Waals surface area contributed by atoms with E-state index in [1.807, 2.05) is 13.8 Å². The van der Waals surface area contributed by atoms with Gasteiger partial charge in [0.2, 0.25) is 0 Å². The van der Waals surface area contributed by atoms with Crippen molar-refractivity contribution in [2.75, 3.05) is 6.54 Å². The molecule has 0 amide bonds. The number of hydrogen-bond acceptors (Lipinski definition) is 4. The summed E-state index contributed by atoms with van der Waals surface area (Å²) >= 11 is 0. The molecule has 0 radical (unpaired) electrons. The van der Waals surface area contributed by atoms with Crippen molar-refractivity contribution in [2.45, 2.75) is 18.9 Å². The summed E-state index contributed by atoms with van der Waals surface area (Å²) in [6.07, 6.45) is 0.965. The summed E-state index contributed by atoms with van der Waals surface area (Å²) < 4.78 is 25.6. The fraction of sp³-hybridized carbons (Fsp3) is 0.500. The monoisotopic (exact) mass is 247 g/mol. The van der Waals surface area contributed by atoms with Gasteiger partial charge in [0.1, 0.15) is 5.56 Å². The lowest BCUT2D eigenvalue weighted by atomic mass is 10.2. The molecular formula is C8H13N3O4S. The number of carboxylic acids is 1. The molecule has 1 rings (SSSR count). The van der Waals surface area contributed by atoms with Gasteiger partial charge in [-0.15, -0.1) is 0 Å². The first-order valence-electron chi connectivity index (χ1n) is 4.61. The topological polar surface area (TPSA) is 112 Å². The van der Waals surface area contributed by atoms with E-state index in [0.29, 0.717) is 0 Å². The number of aromatic carboxylic acids is 1. The van der Waals surface area contributed by atoms with Crippen LogP contribution in [-0.2, 0) is 10.0 Å². The number of aromatic nitrogens is 2. The fourth-order valence-corrected chi connectivity index (χ4v) is 2.28. The van der Waals surface area contributed by atoms with Crippen LogP contribution in [0.1, 0.15) is 24.2 Å². The van der Waals surface area contributed by atoms with E-state index in [4.69, 9.17) is 5.11 Å². The minimum absolute atomic E-state index is 0.131. The molecule has 0 unspecified atom stereocenters. The summed E-state index contributed by atoms with van der Waals surface area (Å²) in [6.45, 7) is 3.92. The molecule has 0 aliphatic rings. The molecule has 0 bridgehead atoms. The second-order valence-electron chi connectivity index (χ2n) is 3.66. The van der Waals surface area contributed by atoms with E-state index in [0.717, 1.165) is 6.20 Å². The third kappa shape index (κ3) is 2.80. The van der Waals surface area contributed by atoms with Gasteiger partial charge in [-0.2, -0.15) is 5.10 Å². The quantitative estimate of drug-likeness (QED) is 0.680. The van der Waals surface area contributed by atoms with Crippen molar-refractivity contribution < 1.29 is 18.3 Å². The molecule has 0 fully saturated rings. The predicted octanol–water partition coefficient (Wildman–Crippen LogP) is 0.0422. The third-order valence-electron chi connectivity index (χ3n) is 1.79. The Kier molecular flexibility index (Phi) is 3.66. The molecule has 1 aromatic rings. The zero-order valence-electron chi connectivity index (χ0n) is 8.89. The van der Waals surface area contributed by atoms with Gasteiger partial charge in [0.15, 0.2) is 5.03 Å². The first kappa shape index (κ1) is 12.7. The van der Waals surface area contributed by atoms with Crippen LogP contribution in [-0.4, -0.2) is 36.2 Å². The lowest BCUT2D eigenvalue weighted by Gasteiger charge is -2.07. The van der Waals surface area contributed by atoms with Gasteiger partial charge in [-0.1, -0.05) is 13.8 Å². The van der Waals surface area contributed by atoms with Crippen LogP contribution in [0.2, 0.25) is 0 Å². The van der Waals surface area contributed by atoms with Crippen LogP contribution in [0.3, 0.4) is 0 Å². The number of sulfonamides is 1. The molecule has 1 heterocycles. The van der Waals surface area contributed by atoms with Crippen LogP contribution >= 0.6 is 0 Å². The average Bonchev–Trinajstić information content (AvgIpc) is 2.63. The van der Waals surface area contributed by atoms with Gasteiger partial charge >= 0.3 is 5.97 Å². The van der Waals surface area contributed by atoms with Crippen molar-refractivity contribution in [3.8, 4) is 0 Å². The van der Waals surface area contributed by atoms with Crippen molar-refractivity contribution in [1.82, 2.24) is 14.9 Å².